The first kappa shape index (κ1) is 14.0. The molecule has 3 N–H and O–H groups in total. The first-order valence-corrected chi connectivity index (χ1v) is 5.63. The molecule has 18 heavy (non-hydrogen) atoms. The number of nitrogen functional groups attached to an aromatic ring is 1. The van der Waals surface area contributed by atoms with Gasteiger partial charge in [0.25, 0.3) is 5.91 Å². The number of carboxylic acid groups (broad SMARTS) is 1. The number of hydrogen-bond donors (Lipinski definition) is 2. The largest absolute Gasteiger partial charge is 0.480 e. The maximum Gasteiger partial charge on any atom is 0.323 e. The second kappa shape index (κ2) is 6.00. The van der Waals surface area contributed by atoms with Crippen molar-refractivity contribution >= 4 is 17.7 Å². The lowest BCUT2D eigenvalue weighted by atomic mass is 10.2. The lowest BCUT2D eigenvalue weighted by molar-refractivity contribution is -0.137. The number of hydrogen-bond acceptors (Lipinski definition) is 4. The van der Waals surface area contributed by atoms with Crippen LogP contribution in [-0.4, -0.2) is 40.0 Å². The van der Waals surface area contributed by atoms with Gasteiger partial charge in [0, 0.05) is 6.54 Å². The minimum absolute atomic E-state index is 0.164. The van der Waals surface area contributed by atoms with Crippen LogP contribution in [0.2, 0.25) is 0 Å². The number of carbonyl (C=O) groups excluding carboxylic acids is 1. The van der Waals surface area contributed by atoms with E-state index in [1.807, 2.05) is 13.8 Å². The fourth-order valence-corrected chi connectivity index (χ4v) is 1.56. The number of aromatic nitrogens is 1. The third-order valence-corrected chi connectivity index (χ3v) is 2.19. The highest BCUT2D eigenvalue weighted by Gasteiger charge is 2.20. The quantitative estimate of drug-likeness (QED) is 0.808. The summed E-state index contributed by atoms with van der Waals surface area (Å²) in [7, 11) is 0. The van der Waals surface area contributed by atoms with Crippen molar-refractivity contribution in [1.29, 1.82) is 0 Å². The highest BCUT2D eigenvalue weighted by molar-refractivity contribution is 5.94. The smallest absolute Gasteiger partial charge is 0.323 e. The van der Waals surface area contributed by atoms with E-state index in [-0.39, 0.29) is 24.0 Å². The Labute approximate surface area is 105 Å². The monoisotopic (exact) mass is 251 g/mol. The molecule has 1 aromatic rings. The number of amides is 1. The topological polar surface area (TPSA) is 96.5 Å². The second-order valence-electron chi connectivity index (χ2n) is 4.42. The van der Waals surface area contributed by atoms with Crippen LogP contribution in [-0.2, 0) is 4.79 Å². The van der Waals surface area contributed by atoms with E-state index in [2.05, 4.69) is 4.98 Å². The normalized spacial score (nSPS) is 10.4. The zero-order valence-electron chi connectivity index (χ0n) is 10.5. The third kappa shape index (κ3) is 4.04. The number of nitrogens with two attached hydrogens (primary N) is 1. The van der Waals surface area contributed by atoms with Gasteiger partial charge in [-0.3, -0.25) is 9.59 Å². The van der Waals surface area contributed by atoms with Crippen LogP contribution >= 0.6 is 0 Å². The molecule has 0 fully saturated rings. The first-order chi connectivity index (χ1) is 8.40. The van der Waals surface area contributed by atoms with Crippen LogP contribution < -0.4 is 5.73 Å². The van der Waals surface area contributed by atoms with E-state index >= 15 is 0 Å². The molecule has 1 amide bonds. The molecule has 0 atom stereocenters. The van der Waals surface area contributed by atoms with Crippen molar-refractivity contribution in [3.05, 3.63) is 23.9 Å². The summed E-state index contributed by atoms with van der Waals surface area (Å²) in [5, 5.41) is 8.81. The molecular weight excluding hydrogens is 234 g/mol. The fourth-order valence-electron chi connectivity index (χ4n) is 1.56. The Hall–Kier alpha value is -2.11. The molecule has 6 nitrogen and oxygen atoms in total. The van der Waals surface area contributed by atoms with Gasteiger partial charge >= 0.3 is 5.97 Å². The highest BCUT2D eigenvalue weighted by atomic mass is 16.4. The second-order valence-corrected chi connectivity index (χ2v) is 4.42. The average Bonchev–Trinajstić information content (AvgIpc) is 2.26. The van der Waals surface area contributed by atoms with Crippen LogP contribution in [0.25, 0.3) is 0 Å². The van der Waals surface area contributed by atoms with E-state index in [1.54, 1.807) is 12.1 Å². The van der Waals surface area contributed by atoms with E-state index < -0.39 is 11.9 Å². The molecule has 0 aromatic carbocycles. The number of rotatable bonds is 5. The van der Waals surface area contributed by atoms with E-state index in [1.165, 1.54) is 11.0 Å². The van der Waals surface area contributed by atoms with Crippen molar-refractivity contribution in [3.63, 3.8) is 0 Å². The number of anilines is 1. The predicted molar refractivity (Wildman–Crippen MR) is 67.0 cm³/mol. The molecule has 0 unspecified atom stereocenters. The summed E-state index contributed by atoms with van der Waals surface area (Å²) < 4.78 is 0. The molecule has 1 rings (SSSR count). The van der Waals surface area contributed by atoms with Gasteiger partial charge in [-0.1, -0.05) is 19.9 Å². The lowest BCUT2D eigenvalue weighted by Gasteiger charge is -2.22. The number of pyridine rings is 1. The van der Waals surface area contributed by atoms with Crippen molar-refractivity contribution in [2.45, 2.75) is 13.8 Å². The van der Waals surface area contributed by atoms with Gasteiger partial charge in [0.15, 0.2) is 0 Å². The van der Waals surface area contributed by atoms with Crippen LogP contribution in [0.4, 0.5) is 5.82 Å². The Morgan fingerprint density at radius 2 is 2.11 bits per heavy atom. The number of nitrogens with zero attached hydrogens (tertiary/aromatic N) is 2. The van der Waals surface area contributed by atoms with Crippen LogP contribution in [0.15, 0.2) is 18.2 Å². The van der Waals surface area contributed by atoms with Crippen molar-refractivity contribution < 1.29 is 14.7 Å². The Kier molecular flexibility index (Phi) is 4.65. The average molecular weight is 251 g/mol. The van der Waals surface area contributed by atoms with Gasteiger partial charge in [-0.25, -0.2) is 4.98 Å². The molecule has 0 saturated carbocycles. The maximum absolute atomic E-state index is 12.1. The van der Waals surface area contributed by atoms with Crippen molar-refractivity contribution in [1.82, 2.24) is 9.88 Å². The molecule has 0 saturated heterocycles. The summed E-state index contributed by atoms with van der Waals surface area (Å²) in [6.07, 6.45) is 0. The molecule has 1 aromatic heterocycles. The van der Waals surface area contributed by atoms with Crippen molar-refractivity contribution in [3.8, 4) is 0 Å². The van der Waals surface area contributed by atoms with Crippen molar-refractivity contribution in [2.75, 3.05) is 18.8 Å². The van der Waals surface area contributed by atoms with Crippen LogP contribution in [0.3, 0.4) is 0 Å². The Morgan fingerprint density at radius 1 is 1.44 bits per heavy atom. The molecule has 6 heteroatoms. The predicted octanol–water partition coefficient (Wildman–Crippen LogP) is 0.847. The van der Waals surface area contributed by atoms with E-state index in [0.29, 0.717) is 6.54 Å². The molecule has 0 radical (unpaired) electrons. The van der Waals surface area contributed by atoms with E-state index in [9.17, 15) is 9.59 Å². The van der Waals surface area contributed by atoms with E-state index in [4.69, 9.17) is 10.8 Å². The molecule has 1 heterocycles. The number of carbonyl (C=O) groups is 2. The van der Waals surface area contributed by atoms with Gasteiger partial charge in [0.2, 0.25) is 0 Å². The lowest BCUT2D eigenvalue weighted by Crippen LogP contribution is -2.38. The zero-order valence-corrected chi connectivity index (χ0v) is 10.5. The maximum atomic E-state index is 12.1. The summed E-state index contributed by atoms with van der Waals surface area (Å²) in [4.78, 5) is 28.0. The minimum atomic E-state index is -1.05. The summed E-state index contributed by atoms with van der Waals surface area (Å²) in [5.41, 5.74) is 5.66. The Bertz CT molecular complexity index is 446. The third-order valence-electron chi connectivity index (χ3n) is 2.19. The van der Waals surface area contributed by atoms with Crippen molar-refractivity contribution in [2.24, 2.45) is 5.92 Å². The van der Waals surface area contributed by atoms with Gasteiger partial charge in [0.05, 0.1) is 0 Å². The standard InChI is InChI=1S/C12H17N3O3/c1-8(2)6-15(7-11(16)17)12(18)9-4-3-5-10(13)14-9/h3-5,8H,6-7H2,1-2H3,(H2,13,14)(H,16,17). The first-order valence-electron chi connectivity index (χ1n) is 5.63. The van der Waals surface area contributed by atoms with Gasteiger partial charge in [-0.2, -0.15) is 0 Å². The highest BCUT2D eigenvalue weighted by Crippen LogP contribution is 2.07. The molecule has 0 aliphatic heterocycles. The van der Waals surface area contributed by atoms with E-state index in [0.717, 1.165) is 0 Å². The number of aliphatic carboxylic acids is 1. The van der Waals surface area contributed by atoms with Crippen LogP contribution in [0, 0.1) is 5.92 Å². The fraction of sp³-hybridized carbons (Fsp3) is 0.417. The van der Waals surface area contributed by atoms with Gasteiger partial charge < -0.3 is 15.7 Å². The molecular formula is C12H17N3O3. The molecule has 0 aliphatic rings. The summed E-state index contributed by atoms with van der Waals surface area (Å²) in [5.74, 6) is -1.05. The summed E-state index contributed by atoms with van der Waals surface area (Å²) >= 11 is 0. The Balaban J connectivity index is 2.90. The van der Waals surface area contributed by atoms with Gasteiger partial charge in [-0.05, 0) is 18.1 Å². The summed E-state index contributed by atoms with van der Waals surface area (Å²) in [6.45, 7) is 3.85. The molecule has 0 aliphatic carbocycles. The van der Waals surface area contributed by atoms with Gasteiger partial charge in [-0.15, -0.1) is 0 Å². The summed E-state index contributed by atoms with van der Waals surface area (Å²) in [6, 6.07) is 4.71. The molecule has 0 spiro atoms. The SMILES string of the molecule is CC(C)CN(CC(=O)O)C(=O)c1cccc(N)n1. The Morgan fingerprint density at radius 3 is 2.61 bits per heavy atom. The molecule has 98 valence electrons. The number of carboxylic acids is 1. The van der Waals surface area contributed by atoms with Crippen LogP contribution in [0.1, 0.15) is 24.3 Å². The van der Waals surface area contributed by atoms with Gasteiger partial charge in [0.1, 0.15) is 18.1 Å². The van der Waals surface area contributed by atoms with Crippen LogP contribution in [0.5, 0.6) is 0 Å². The zero-order chi connectivity index (χ0) is 13.7. The minimum Gasteiger partial charge on any atom is -0.480 e. The molecule has 0 bridgehead atoms.